The van der Waals surface area contributed by atoms with Gasteiger partial charge in [-0.25, -0.2) is 21.2 Å². The van der Waals surface area contributed by atoms with Gasteiger partial charge >= 0.3 is 72.8 Å². The molecule has 0 aliphatic carbocycles. The Labute approximate surface area is 592 Å². The predicted octanol–water partition coefficient (Wildman–Crippen LogP) is 18.6. The predicted molar refractivity (Wildman–Crippen MR) is 313 cm³/mol. The molecule has 4 heterocycles. The Kier molecular flexibility index (Phi) is 32.2. The van der Waals surface area contributed by atoms with Crippen LogP contribution in [0.5, 0.6) is 0 Å². The number of pyridine rings is 4. The summed E-state index contributed by atoms with van der Waals surface area (Å²) in [4.78, 5) is 12.6. The molecule has 1 N–H and O–H groups in total. The monoisotopic (exact) mass is 1590 g/mol. The molecule has 524 valence electrons. The Hall–Kier alpha value is -5.05. The number of sulfone groups is 2. The molecule has 8 aromatic rings. The van der Waals surface area contributed by atoms with Crippen molar-refractivity contribution >= 4 is 102 Å². The van der Waals surface area contributed by atoms with Crippen molar-refractivity contribution in [2.75, 3.05) is 0 Å². The third kappa shape index (κ3) is 28.5. The van der Waals surface area contributed by atoms with E-state index >= 15 is 0 Å². The van der Waals surface area contributed by atoms with E-state index in [0.717, 1.165) is 54.1 Å². The van der Waals surface area contributed by atoms with E-state index in [9.17, 15) is 113 Å². The first kappa shape index (κ1) is 88.0. The molecule has 4 aromatic heterocycles. The van der Waals surface area contributed by atoms with Crippen LogP contribution in [0.2, 0.25) is 20.1 Å². The van der Waals surface area contributed by atoms with Crippen molar-refractivity contribution in [1.29, 1.82) is 0 Å². The van der Waals surface area contributed by atoms with Crippen molar-refractivity contribution in [2.24, 2.45) is 0 Å². The Morgan fingerprint density at radius 3 is 1.07 bits per heavy atom. The summed E-state index contributed by atoms with van der Waals surface area (Å²) in [6.07, 6.45) is -29.9. The van der Waals surface area contributed by atoms with Crippen molar-refractivity contribution in [1.82, 2.24) is 19.9 Å². The maximum absolute atomic E-state index is 14.3. The van der Waals surface area contributed by atoms with E-state index in [4.69, 9.17) is 58.0 Å². The normalized spacial score (nSPS) is 12.5. The van der Waals surface area contributed by atoms with Crippen LogP contribution in [0.25, 0.3) is 0 Å². The second-order valence-electron chi connectivity index (χ2n) is 18.6. The molecular formula is C56H36Cl5F22N4NaO5S4. The topological polar surface area (TPSA) is 150 Å². The van der Waals surface area contributed by atoms with Crippen LogP contribution < -0.4 is 29.6 Å². The summed E-state index contributed by atoms with van der Waals surface area (Å²) < 4.78 is 330. The van der Waals surface area contributed by atoms with Gasteiger partial charge in [-0.2, -0.15) is 92.2 Å². The largest absolute Gasteiger partial charge is 1.00 e. The summed E-state index contributed by atoms with van der Waals surface area (Å²) in [6, 6.07) is 16.1. The Bertz CT molecular complexity index is 4000. The molecule has 0 amide bonds. The average molecular weight is 1590 g/mol. The minimum atomic E-state index is -5.27. The second-order valence-corrected chi connectivity index (χ2v) is 26.2. The van der Waals surface area contributed by atoms with Gasteiger partial charge in [-0.15, -0.1) is 36.0 Å². The minimum Gasteiger partial charge on any atom is -0.870 e. The summed E-state index contributed by atoms with van der Waals surface area (Å²) in [7, 11) is -9.74. The third-order valence-corrected chi connectivity index (χ3v) is 17.0. The molecule has 0 aliphatic heterocycles. The van der Waals surface area contributed by atoms with Crippen molar-refractivity contribution < 1.29 is 148 Å². The molecule has 0 aliphatic rings. The summed E-state index contributed by atoms with van der Waals surface area (Å²) in [5.41, 5.74) is -12.4. The molecule has 4 aromatic carbocycles. The zero-order chi connectivity index (χ0) is 72.3. The first-order valence-electron chi connectivity index (χ1n) is 24.8. The van der Waals surface area contributed by atoms with Crippen LogP contribution in [-0.2, 0) is 80.3 Å². The van der Waals surface area contributed by atoms with Gasteiger partial charge in [0.15, 0.2) is 9.84 Å². The van der Waals surface area contributed by atoms with E-state index in [0.29, 0.717) is 44.2 Å². The maximum Gasteiger partial charge on any atom is 1.00 e. The van der Waals surface area contributed by atoms with Crippen molar-refractivity contribution in [3.8, 4) is 0 Å². The summed E-state index contributed by atoms with van der Waals surface area (Å²) >= 11 is 32.5. The first-order chi connectivity index (χ1) is 43.3. The number of nitrogens with zero attached hydrogens (tertiary/aromatic N) is 4. The maximum atomic E-state index is 14.3. The van der Waals surface area contributed by atoms with Gasteiger partial charge in [-0.05, 0) is 134 Å². The van der Waals surface area contributed by atoms with Crippen LogP contribution in [0.4, 0.5) is 96.6 Å². The smallest absolute Gasteiger partial charge is 0.870 e. The van der Waals surface area contributed by atoms with E-state index in [1.165, 1.54) is 24.4 Å². The molecule has 41 heteroatoms. The van der Waals surface area contributed by atoms with E-state index < -0.39 is 129 Å². The fraction of sp³-hybridized carbons (Fsp3) is 0.214. The molecule has 9 nitrogen and oxygen atoms in total. The molecule has 0 fully saturated rings. The minimum absolute atomic E-state index is 0. The Balaban J connectivity index is 0.000000428. The first-order valence-corrected chi connectivity index (χ1v) is 31.5. The zero-order valence-electron chi connectivity index (χ0n) is 47.8. The van der Waals surface area contributed by atoms with Gasteiger partial charge in [0.2, 0.25) is 15.3 Å². The van der Waals surface area contributed by atoms with E-state index in [-0.39, 0.29) is 104 Å². The second kappa shape index (κ2) is 35.5. The van der Waals surface area contributed by atoms with Crippen LogP contribution >= 0.6 is 82.4 Å². The summed E-state index contributed by atoms with van der Waals surface area (Å²) in [6.45, 7) is 1.61. The molecule has 0 saturated carbocycles. The molecule has 0 radical (unpaired) electrons. The summed E-state index contributed by atoms with van der Waals surface area (Å²) in [5, 5.41) is 1.25. The van der Waals surface area contributed by atoms with Crippen LogP contribution in [0.15, 0.2) is 166 Å². The number of halogens is 27. The van der Waals surface area contributed by atoms with E-state index in [1.807, 2.05) is 0 Å². The molecule has 1 atom stereocenters. The molecule has 97 heavy (non-hydrogen) atoms. The van der Waals surface area contributed by atoms with Gasteiger partial charge in [0, 0.05) is 40.3 Å². The van der Waals surface area contributed by atoms with Crippen molar-refractivity contribution in [3.63, 3.8) is 0 Å². The van der Waals surface area contributed by atoms with Gasteiger partial charge in [0.25, 0.3) is 0 Å². The number of thioether (sulfide) groups is 1. The Morgan fingerprint density at radius 1 is 0.433 bits per heavy atom. The van der Waals surface area contributed by atoms with Gasteiger partial charge in [-0.1, -0.05) is 46.4 Å². The number of rotatable bonds is 10. The van der Waals surface area contributed by atoms with Gasteiger partial charge < -0.3 is 5.48 Å². The van der Waals surface area contributed by atoms with Crippen molar-refractivity contribution in [3.05, 3.63) is 233 Å². The molecule has 1 unspecified atom stereocenters. The molecule has 8 rings (SSSR count). The van der Waals surface area contributed by atoms with Crippen LogP contribution in [0, 0.1) is 6.92 Å². The van der Waals surface area contributed by atoms with Crippen LogP contribution in [-0.4, -0.2) is 42.2 Å². The fourth-order valence-corrected chi connectivity index (χ4v) is 11.3. The number of aryl methyl sites for hydroxylation is 1. The number of hydrogen-bond donors (Lipinski definition) is 1. The molecular weight excluding hydrogens is 1560 g/mol. The van der Waals surface area contributed by atoms with Crippen LogP contribution in [0.3, 0.4) is 0 Å². The van der Waals surface area contributed by atoms with E-state index in [2.05, 4.69) is 32.6 Å². The number of aromatic nitrogens is 4. The van der Waals surface area contributed by atoms with Gasteiger partial charge in [-0.3, -0.25) is 19.9 Å². The summed E-state index contributed by atoms with van der Waals surface area (Å²) in [5.74, 6) is -0.310. The quantitative estimate of drug-likeness (QED) is 0.0461. The van der Waals surface area contributed by atoms with Crippen LogP contribution in [0.1, 0.15) is 72.8 Å². The third-order valence-electron chi connectivity index (χ3n) is 11.2. The van der Waals surface area contributed by atoms with Crippen molar-refractivity contribution in [2.45, 2.75) is 92.6 Å². The number of thiol groups is 1. The van der Waals surface area contributed by atoms with E-state index in [1.54, 1.807) is 37.4 Å². The number of hydrogen-bond acceptors (Lipinski definition) is 11. The molecule has 0 saturated heterocycles. The SMILES string of the molecule is Cc1cc(S)cc(C(F)(F)F)c1.ClCc1ccc(Cl)cn1.FC(F)(F)c1cc(SCc2ccc(Cl)cn2)cc(C(F)(F)F)c1.O=S(=O)(Cc1ccc(Cl)cn1)c1cc(C(F)(F)F)cc(C(F)(F)F)c1.O=S(=O)(c1cc(C(F)(F)F)cc(C(F)(F)F)c1)C(F)c1ccc(Cl)cn1.[Na+].[OH-]. The molecule has 0 spiro atoms. The fourth-order valence-electron chi connectivity index (χ4n) is 6.84. The van der Waals surface area contributed by atoms with Gasteiger partial charge in [0.05, 0.1) is 103 Å². The Morgan fingerprint density at radius 2 is 0.753 bits per heavy atom. The standard InChI is InChI=1S/C14H7ClF7NO2S.C14H8ClF6NO2S.C14H8ClF6NS.C8H7F3S.C6H5Cl2N.Na.H2O/c15-9-1-2-11(23-6-9)12(16)26(24,25)10-4-7(13(17,18)19)3-8(5-10)14(20,21)22;15-10-1-2-11(22-6-10)7-25(23,24)12-4-8(13(16,17)18)3-9(5-12)14(19,20)21;15-10-1-2-11(22-6-10)7-23-12-4-8(13(16,17)18)3-9(5-12)14(19,20)21;1-5-2-6(8(9,10)11)4-7(12)3-5;7-3-6-2-1-5(8)4-9-6;;/h1-6,12H;1-6H,7H2;1-6H,7H2;2-4,12H,1H3;1-2,4H,3H2;;1H2/q;;;;;+1;/p-1. The van der Waals surface area contributed by atoms with Gasteiger partial charge in [0.1, 0.15) is 0 Å². The number of benzene rings is 4. The molecule has 0 bridgehead atoms. The number of alkyl halides is 23. The zero-order valence-corrected chi connectivity index (χ0v) is 56.9. The average Bonchev–Trinajstić information content (AvgIpc) is 0.781.